The molecule has 120 valence electrons. The van der Waals surface area contributed by atoms with Crippen LogP contribution in [0.5, 0.6) is 0 Å². The van der Waals surface area contributed by atoms with E-state index in [2.05, 4.69) is 10.5 Å². The second-order valence-electron chi connectivity index (χ2n) is 3.95. The molecule has 0 aliphatic heterocycles. The molecule has 0 saturated heterocycles. The number of esters is 1. The van der Waals surface area contributed by atoms with Crippen molar-refractivity contribution in [1.29, 1.82) is 0 Å². The first-order valence-electron chi connectivity index (χ1n) is 6.52. The highest BCUT2D eigenvalue weighted by Gasteiger charge is 2.15. The van der Waals surface area contributed by atoms with Gasteiger partial charge in [-0.25, -0.2) is 0 Å². The Kier molecular flexibility index (Phi) is 7.11. The highest BCUT2D eigenvalue weighted by atomic mass is 35.5. The lowest BCUT2D eigenvalue weighted by molar-refractivity contribution is -0.384. The van der Waals surface area contributed by atoms with Crippen molar-refractivity contribution in [3.05, 3.63) is 33.3 Å². The molecule has 0 fully saturated rings. The minimum absolute atomic E-state index is 0.0650. The molecule has 0 aliphatic carbocycles. The Morgan fingerprint density at radius 1 is 1.36 bits per heavy atom. The number of ether oxygens (including phenoxy) is 2. The van der Waals surface area contributed by atoms with Crippen molar-refractivity contribution in [1.82, 2.24) is 0 Å². The number of hydrogen-bond acceptors (Lipinski definition) is 7. The number of nitro benzene ring substituents is 1. The standard InChI is InChI=1S/C13H16ClN3O5/c1-3-21-12(8-13(18)22-4-2)16-15-10-7-9(14)5-6-11(10)17(19)20/h5-7,15H,3-4,8H2,1-2H3/b16-12-. The lowest BCUT2D eigenvalue weighted by Gasteiger charge is -2.08. The van der Waals surface area contributed by atoms with Gasteiger partial charge in [-0.3, -0.25) is 20.3 Å². The number of carbonyl (C=O) groups is 1. The van der Waals surface area contributed by atoms with E-state index in [9.17, 15) is 14.9 Å². The third-order valence-electron chi connectivity index (χ3n) is 2.37. The number of benzene rings is 1. The Balaban J connectivity index is 2.92. The first kappa shape index (κ1) is 17.7. The number of nitro groups is 1. The molecule has 0 atom stereocenters. The molecule has 0 unspecified atom stereocenters. The molecule has 0 radical (unpaired) electrons. The van der Waals surface area contributed by atoms with Crippen LogP contribution in [0, 0.1) is 10.1 Å². The van der Waals surface area contributed by atoms with Crippen LogP contribution in [0.1, 0.15) is 20.3 Å². The fourth-order valence-electron chi connectivity index (χ4n) is 1.50. The van der Waals surface area contributed by atoms with E-state index < -0.39 is 10.9 Å². The van der Waals surface area contributed by atoms with E-state index in [0.29, 0.717) is 5.02 Å². The lowest BCUT2D eigenvalue weighted by atomic mass is 10.3. The predicted octanol–water partition coefficient (Wildman–Crippen LogP) is 2.96. The zero-order valence-electron chi connectivity index (χ0n) is 12.2. The van der Waals surface area contributed by atoms with E-state index in [4.69, 9.17) is 21.1 Å². The predicted molar refractivity (Wildman–Crippen MR) is 82.0 cm³/mol. The quantitative estimate of drug-likeness (QED) is 0.271. The molecule has 1 aromatic rings. The molecule has 22 heavy (non-hydrogen) atoms. The summed E-state index contributed by atoms with van der Waals surface area (Å²) in [5, 5.41) is 15.1. The fraction of sp³-hybridized carbons (Fsp3) is 0.385. The summed E-state index contributed by atoms with van der Waals surface area (Å²) in [5.74, 6) is -0.438. The average molecular weight is 330 g/mol. The normalized spacial score (nSPS) is 11.0. The van der Waals surface area contributed by atoms with E-state index in [1.54, 1.807) is 13.8 Å². The second kappa shape index (κ2) is 8.83. The second-order valence-corrected chi connectivity index (χ2v) is 4.39. The summed E-state index contributed by atoms with van der Waals surface area (Å²) in [4.78, 5) is 21.8. The van der Waals surface area contributed by atoms with Crippen LogP contribution in [0.2, 0.25) is 5.02 Å². The zero-order valence-corrected chi connectivity index (χ0v) is 12.9. The maximum absolute atomic E-state index is 11.4. The number of hydrogen-bond donors (Lipinski definition) is 1. The van der Waals surface area contributed by atoms with Gasteiger partial charge in [0, 0.05) is 11.1 Å². The highest BCUT2D eigenvalue weighted by Crippen LogP contribution is 2.27. The summed E-state index contributed by atoms with van der Waals surface area (Å²) in [6, 6.07) is 4.01. The van der Waals surface area contributed by atoms with Gasteiger partial charge >= 0.3 is 5.97 Å². The van der Waals surface area contributed by atoms with Crippen LogP contribution in [0.25, 0.3) is 0 Å². The smallest absolute Gasteiger partial charge is 0.315 e. The summed E-state index contributed by atoms with van der Waals surface area (Å²) in [7, 11) is 0. The molecule has 0 heterocycles. The molecular formula is C13H16ClN3O5. The number of hydrazone groups is 1. The van der Waals surface area contributed by atoms with Gasteiger partial charge in [0.05, 0.1) is 18.1 Å². The van der Waals surface area contributed by atoms with E-state index in [-0.39, 0.29) is 36.9 Å². The summed E-state index contributed by atoms with van der Waals surface area (Å²) in [5.41, 5.74) is 2.40. The highest BCUT2D eigenvalue weighted by molar-refractivity contribution is 6.31. The van der Waals surface area contributed by atoms with Crippen LogP contribution in [-0.2, 0) is 14.3 Å². The molecule has 0 spiro atoms. The monoisotopic (exact) mass is 329 g/mol. The van der Waals surface area contributed by atoms with Crippen molar-refractivity contribution in [3.8, 4) is 0 Å². The van der Waals surface area contributed by atoms with Crippen molar-refractivity contribution < 1.29 is 19.2 Å². The summed E-state index contributed by atoms with van der Waals surface area (Å²) in [6.07, 6.45) is -0.178. The molecule has 0 saturated carbocycles. The van der Waals surface area contributed by atoms with Gasteiger partial charge in [0.1, 0.15) is 12.1 Å². The Morgan fingerprint density at radius 2 is 2.05 bits per heavy atom. The molecule has 1 rings (SSSR count). The summed E-state index contributed by atoms with van der Waals surface area (Å²) in [6.45, 7) is 3.94. The van der Waals surface area contributed by atoms with Crippen LogP contribution >= 0.6 is 11.6 Å². The molecule has 8 nitrogen and oxygen atoms in total. The Bertz CT molecular complexity index is 577. The van der Waals surface area contributed by atoms with Gasteiger partial charge in [0.25, 0.3) is 5.69 Å². The summed E-state index contributed by atoms with van der Waals surface area (Å²) < 4.78 is 9.99. The number of rotatable bonds is 7. The van der Waals surface area contributed by atoms with Crippen LogP contribution in [0.15, 0.2) is 23.3 Å². The van der Waals surface area contributed by atoms with Crippen molar-refractivity contribution >= 4 is 34.8 Å². The third kappa shape index (κ3) is 5.57. The van der Waals surface area contributed by atoms with E-state index in [1.807, 2.05) is 0 Å². The van der Waals surface area contributed by atoms with E-state index in [0.717, 1.165) is 0 Å². The van der Waals surface area contributed by atoms with Crippen LogP contribution in [0.4, 0.5) is 11.4 Å². The third-order valence-corrected chi connectivity index (χ3v) is 2.60. The van der Waals surface area contributed by atoms with Gasteiger partial charge in [-0.2, -0.15) is 0 Å². The Labute approximate surface area is 132 Å². The lowest BCUT2D eigenvalue weighted by Crippen LogP contribution is -2.15. The molecule has 1 aromatic carbocycles. The van der Waals surface area contributed by atoms with Gasteiger partial charge in [-0.05, 0) is 26.0 Å². The van der Waals surface area contributed by atoms with Gasteiger partial charge in [0.2, 0.25) is 5.90 Å². The fourth-order valence-corrected chi connectivity index (χ4v) is 1.68. The Morgan fingerprint density at radius 3 is 2.64 bits per heavy atom. The Hall–Kier alpha value is -2.35. The van der Waals surface area contributed by atoms with Crippen LogP contribution in [-0.4, -0.2) is 30.0 Å². The molecule has 0 aliphatic rings. The topological polar surface area (TPSA) is 103 Å². The van der Waals surface area contributed by atoms with Crippen molar-refractivity contribution in [2.24, 2.45) is 5.10 Å². The van der Waals surface area contributed by atoms with Crippen molar-refractivity contribution in [3.63, 3.8) is 0 Å². The maximum atomic E-state index is 11.4. The number of halogens is 1. The largest absolute Gasteiger partial charge is 0.480 e. The van der Waals surface area contributed by atoms with Crippen molar-refractivity contribution in [2.75, 3.05) is 18.6 Å². The number of nitrogens with one attached hydrogen (secondary N) is 1. The van der Waals surface area contributed by atoms with Crippen LogP contribution < -0.4 is 5.43 Å². The number of nitrogens with zero attached hydrogens (tertiary/aromatic N) is 2. The first-order valence-corrected chi connectivity index (χ1v) is 6.90. The molecule has 0 aromatic heterocycles. The minimum Gasteiger partial charge on any atom is -0.480 e. The molecule has 0 bridgehead atoms. The number of anilines is 1. The molecule has 0 amide bonds. The van der Waals surface area contributed by atoms with Gasteiger partial charge < -0.3 is 9.47 Å². The minimum atomic E-state index is -0.570. The SMILES string of the molecule is CCOC(=O)C/C(=N/Nc1cc(Cl)ccc1[N+](=O)[O-])OCC. The zero-order chi connectivity index (χ0) is 16.5. The molecule has 1 N–H and O–H groups in total. The van der Waals surface area contributed by atoms with E-state index >= 15 is 0 Å². The maximum Gasteiger partial charge on any atom is 0.315 e. The van der Waals surface area contributed by atoms with E-state index in [1.165, 1.54) is 18.2 Å². The first-order chi connectivity index (χ1) is 10.5. The van der Waals surface area contributed by atoms with Crippen LogP contribution in [0.3, 0.4) is 0 Å². The van der Waals surface area contributed by atoms with Gasteiger partial charge in [-0.15, -0.1) is 5.10 Å². The summed E-state index contributed by atoms with van der Waals surface area (Å²) >= 11 is 5.81. The van der Waals surface area contributed by atoms with Crippen molar-refractivity contribution in [2.45, 2.75) is 20.3 Å². The van der Waals surface area contributed by atoms with Gasteiger partial charge in [0.15, 0.2) is 0 Å². The molecular weight excluding hydrogens is 314 g/mol. The number of carbonyl (C=O) groups excluding carboxylic acids is 1. The molecule has 9 heteroatoms. The average Bonchev–Trinajstić information content (AvgIpc) is 2.45. The van der Waals surface area contributed by atoms with Gasteiger partial charge in [-0.1, -0.05) is 11.6 Å².